The van der Waals surface area contributed by atoms with Crippen LogP contribution in [0.2, 0.25) is 0 Å². The first kappa shape index (κ1) is 17.8. The molecule has 1 atom stereocenters. The summed E-state index contributed by atoms with van der Waals surface area (Å²) in [6.07, 6.45) is 5.33. The molecule has 0 radical (unpaired) electrons. The number of aliphatic hydroxyl groups is 1. The van der Waals surface area contributed by atoms with Crippen LogP contribution in [0.25, 0.3) is 0 Å². The number of rotatable bonds is 7. The maximum Gasteiger partial charge on any atom is 0.238 e. The highest BCUT2D eigenvalue weighted by Gasteiger charge is 2.21. The number of piperidine rings is 1. The number of pyridine rings is 1. The van der Waals surface area contributed by atoms with Crippen molar-refractivity contribution in [3.63, 3.8) is 0 Å². The average molecular weight is 320 g/mol. The molecule has 1 aromatic heterocycles. The summed E-state index contributed by atoms with van der Waals surface area (Å²) in [6, 6.07) is 3.57. The van der Waals surface area contributed by atoms with Gasteiger partial charge in [0.1, 0.15) is 0 Å². The van der Waals surface area contributed by atoms with Gasteiger partial charge in [-0.05, 0) is 58.0 Å². The SMILES string of the molecule is CC(O)CN1CCC(CN(C)CC(=O)Nc2ccncc2)CC1. The first-order chi connectivity index (χ1) is 11.0. The second-order valence-corrected chi connectivity index (χ2v) is 6.57. The summed E-state index contributed by atoms with van der Waals surface area (Å²) in [5.74, 6) is 0.629. The van der Waals surface area contributed by atoms with Crippen LogP contribution in [-0.4, -0.2) is 71.7 Å². The Hall–Kier alpha value is -1.50. The number of aromatic nitrogens is 1. The van der Waals surface area contributed by atoms with E-state index in [9.17, 15) is 9.90 Å². The molecule has 0 saturated carbocycles. The first-order valence-corrected chi connectivity index (χ1v) is 8.31. The smallest absolute Gasteiger partial charge is 0.238 e. The van der Waals surface area contributed by atoms with Gasteiger partial charge in [0.15, 0.2) is 0 Å². The zero-order valence-corrected chi connectivity index (χ0v) is 14.1. The van der Waals surface area contributed by atoms with E-state index in [0.29, 0.717) is 12.5 Å². The third-order valence-electron chi connectivity index (χ3n) is 4.18. The number of likely N-dealkylation sites (tertiary alicyclic amines) is 1. The van der Waals surface area contributed by atoms with Crippen molar-refractivity contribution in [2.45, 2.75) is 25.9 Å². The molecule has 2 N–H and O–H groups in total. The van der Waals surface area contributed by atoms with Gasteiger partial charge in [-0.15, -0.1) is 0 Å². The summed E-state index contributed by atoms with van der Waals surface area (Å²) in [6.45, 7) is 6.00. The normalized spacial score (nSPS) is 18.1. The van der Waals surface area contributed by atoms with Crippen LogP contribution in [-0.2, 0) is 4.79 Å². The lowest BCUT2D eigenvalue weighted by atomic mass is 9.96. The van der Waals surface area contributed by atoms with E-state index in [4.69, 9.17) is 0 Å². The third-order valence-corrected chi connectivity index (χ3v) is 4.18. The van der Waals surface area contributed by atoms with Crippen LogP contribution in [0.5, 0.6) is 0 Å². The van der Waals surface area contributed by atoms with Gasteiger partial charge in [0.25, 0.3) is 0 Å². The molecule has 0 aliphatic carbocycles. The lowest BCUT2D eigenvalue weighted by Crippen LogP contribution is -2.41. The Morgan fingerprint density at radius 3 is 2.70 bits per heavy atom. The fraction of sp³-hybridized carbons (Fsp3) is 0.647. The van der Waals surface area contributed by atoms with Gasteiger partial charge >= 0.3 is 0 Å². The van der Waals surface area contributed by atoms with Crippen molar-refractivity contribution in [2.24, 2.45) is 5.92 Å². The van der Waals surface area contributed by atoms with Crippen LogP contribution in [0.15, 0.2) is 24.5 Å². The van der Waals surface area contributed by atoms with Crippen molar-refractivity contribution in [1.82, 2.24) is 14.8 Å². The molecule has 1 unspecified atom stereocenters. The molecule has 23 heavy (non-hydrogen) atoms. The highest BCUT2D eigenvalue weighted by atomic mass is 16.3. The molecule has 1 aliphatic rings. The molecule has 1 fully saturated rings. The number of aliphatic hydroxyl groups excluding tert-OH is 1. The van der Waals surface area contributed by atoms with E-state index in [1.807, 2.05) is 14.0 Å². The van der Waals surface area contributed by atoms with Crippen molar-refractivity contribution < 1.29 is 9.90 Å². The Morgan fingerprint density at radius 1 is 1.43 bits per heavy atom. The molecule has 2 heterocycles. The Morgan fingerprint density at radius 2 is 2.09 bits per heavy atom. The van der Waals surface area contributed by atoms with Crippen LogP contribution < -0.4 is 5.32 Å². The summed E-state index contributed by atoms with van der Waals surface area (Å²) in [7, 11) is 1.99. The van der Waals surface area contributed by atoms with Crippen LogP contribution in [0.1, 0.15) is 19.8 Å². The number of carbonyl (C=O) groups excluding carboxylic acids is 1. The highest BCUT2D eigenvalue weighted by molar-refractivity contribution is 5.92. The fourth-order valence-corrected chi connectivity index (χ4v) is 3.11. The lowest BCUT2D eigenvalue weighted by molar-refractivity contribution is -0.117. The Bertz CT molecular complexity index is 473. The van der Waals surface area contributed by atoms with E-state index in [0.717, 1.165) is 44.7 Å². The van der Waals surface area contributed by atoms with E-state index >= 15 is 0 Å². The molecule has 6 heteroatoms. The number of carbonyl (C=O) groups is 1. The van der Waals surface area contributed by atoms with Gasteiger partial charge in [0.2, 0.25) is 5.91 Å². The van der Waals surface area contributed by atoms with Crippen molar-refractivity contribution >= 4 is 11.6 Å². The Kier molecular flexibility index (Phi) is 6.95. The van der Waals surface area contributed by atoms with Crippen molar-refractivity contribution in [2.75, 3.05) is 45.1 Å². The topological polar surface area (TPSA) is 68.7 Å². The summed E-state index contributed by atoms with van der Waals surface area (Å²) in [5.41, 5.74) is 0.782. The molecule has 0 aromatic carbocycles. The maximum absolute atomic E-state index is 12.0. The van der Waals surface area contributed by atoms with Crippen LogP contribution in [0, 0.1) is 5.92 Å². The largest absolute Gasteiger partial charge is 0.392 e. The second kappa shape index (κ2) is 8.96. The minimum Gasteiger partial charge on any atom is -0.392 e. The third kappa shape index (κ3) is 6.64. The molecule has 0 bridgehead atoms. The standard InChI is InChI=1S/C17H28N4O2/c1-14(22)11-21-9-5-15(6-10-21)12-20(2)13-17(23)19-16-3-7-18-8-4-16/h3-4,7-8,14-15,22H,5-6,9-13H2,1-2H3,(H,18,19,23). The Labute approximate surface area is 138 Å². The number of nitrogens with one attached hydrogen (secondary N) is 1. The minimum atomic E-state index is -0.258. The van der Waals surface area contributed by atoms with Gasteiger partial charge in [0.05, 0.1) is 12.6 Å². The van der Waals surface area contributed by atoms with E-state index < -0.39 is 0 Å². The molecule has 6 nitrogen and oxygen atoms in total. The van der Waals surface area contributed by atoms with Crippen molar-refractivity contribution in [1.29, 1.82) is 0 Å². The summed E-state index contributed by atoms with van der Waals surface area (Å²) >= 11 is 0. The number of hydrogen-bond acceptors (Lipinski definition) is 5. The molecule has 128 valence electrons. The number of likely N-dealkylation sites (N-methyl/N-ethyl adjacent to an activating group) is 1. The molecule has 1 saturated heterocycles. The maximum atomic E-state index is 12.0. The van der Waals surface area contributed by atoms with Gasteiger partial charge in [-0.1, -0.05) is 0 Å². The molecule has 1 aromatic rings. The molecule has 1 amide bonds. The second-order valence-electron chi connectivity index (χ2n) is 6.57. The van der Waals surface area contributed by atoms with E-state index in [-0.39, 0.29) is 12.0 Å². The van der Waals surface area contributed by atoms with Gasteiger partial charge in [-0.25, -0.2) is 0 Å². The van der Waals surface area contributed by atoms with Crippen LogP contribution in [0.4, 0.5) is 5.69 Å². The minimum absolute atomic E-state index is 0.00485. The van der Waals surface area contributed by atoms with Crippen LogP contribution >= 0.6 is 0 Å². The summed E-state index contributed by atoms with van der Waals surface area (Å²) in [5, 5.41) is 12.3. The molecular weight excluding hydrogens is 292 g/mol. The summed E-state index contributed by atoms with van der Waals surface area (Å²) < 4.78 is 0. The van der Waals surface area contributed by atoms with Gasteiger partial charge in [0, 0.05) is 31.2 Å². The zero-order chi connectivity index (χ0) is 16.7. The first-order valence-electron chi connectivity index (χ1n) is 8.31. The van der Waals surface area contributed by atoms with E-state index in [1.54, 1.807) is 24.5 Å². The van der Waals surface area contributed by atoms with E-state index in [1.165, 1.54) is 0 Å². The van der Waals surface area contributed by atoms with Crippen molar-refractivity contribution in [3.8, 4) is 0 Å². The van der Waals surface area contributed by atoms with Gasteiger partial charge in [-0.2, -0.15) is 0 Å². The number of nitrogens with zero attached hydrogens (tertiary/aromatic N) is 3. The van der Waals surface area contributed by atoms with Gasteiger partial charge < -0.3 is 15.3 Å². The summed E-state index contributed by atoms with van der Waals surface area (Å²) in [4.78, 5) is 20.4. The number of β-amino-alcohol motifs (C(OH)–C–C–N with tert-alkyl or cyclic N) is 1. The number of amides is 1. The predicted octanol–water partition coefficient (Wildman–Crippen LogP) is 1.04. The molecule has 2 rings (SSSR count). The van der Waals surface area contributed by atoms with E-state index in [2.05, 4.69) is 20.1 Å². The average Bonchev–Trinajstić information content (AvgIpc) is 2.49. The zero-order valence-electron chi connectivity index (χ0n) is 14.1. The number of anilines is 1. The molecule has 0 spiro atoms. The molecular formula is C17H28N4O2. The van der Waals surface area contributed by atoms with Crippen molar-refractivity contribution in [3.05, 3.63) is 24.5 Å². The Balaban J connectivity index is 1.67. The predicted molar refractivity (Wildman–Crippen MR) is 91.2 cm³/mol. The quantitative estimate of drug-likeness (QED) is 0.786. The number of hydrogen-bond donors (Lipinski definition) is 2. The monoisotopic (exact) mass is 320 g/mol. The molecule has 1 aliphatic heterocycles. The highest BCUT2D eigenvalue weighted by Crippen LogP contribution is 2.18. The van der Waals surface area contributed by atoms with Gasteiger partial charge in [-0.3, -0.25) is 14.7 Å². The fourth-order valence-electron chi connectivity index (χ4n) is 3.11. The van der Waals surface area contributed by atoms with Crippen LogP contribution in [0.3, 0.4) is 0 Å². The lowest BCUT2D eigenvalue weighted by Gasteiger charge is -2.34.